The van der Waals surface area contributed by atoms with Gasteiger partial charge in [-0.25, -0.2) is 13.1 Å². The average molecular weight is 282 g/mol. The van der Waals surface area contributed by atoms with Gasteiger partial charge in [0, 0.05) is 19.1 Å². The van der Waals surface area contributed by atoms with Crippen LogP contribution in [-0.2, 0) is 16.6 Å². The lowest BCUT2D eigenvalue weighted by Crippen LogP contribution is -2.25. The Morgan fingerprint density at radius 1 is 1.32 bits per heavy atom. The molecule has 0 spiro atoms. The van der Waals surface area contributed by atoms with Crippen molar-refractivity contribution in [1.82, 2.24) is 10.0 Å². The molecule has 0 bridgehead atoms. The first-order valence-corrected chi connectivity index (χ1v) is 8.34. The minimum absolute atomic E-state index is 0.399. The molecule has 19 heavy (non-hydrogen) atoms. The molecule has 106 valence electrons. The summed E-state index contributed by atoms with van der Waals surface area (Å²) in [6.45, 7) is 5.00. The van der Waals surface area contributed by atoms with Crippen LogP contribution in [0.1, 0.15) is 37.3 Å². The highest BCUT2D eigenvalue weighted by Gasteiger charge is 2.21. The molecule has 1 aromatic rings. The summed E-state index contributed by atoms with van der Waals surface area (Å²) in [5.74, 6) is 0. The number of sulfonamides is 1. The Kier molecular flexibility index (Phi) is 4.60. The molecule has 0 radical (unpaired) electrons. The fraction of sp³-hybridized carbons (Fsp3) is 0.571. The zero-order valence-electron chi connectivity index (χ0n) is 11.6. The summed E-state index contributed by atoms with van der Waals surface area (Å²) in [6.07, 6.45) is 3.26. The highest BCUT2D eigenvalue weighted by atomic mass is 32.2. The molecule has 0 amide bonds. The lowest BCUT2D eigenvalue weighted by atomic mass is 10.1. The normalized spacial score (nSPS) is 15.7. The van der Waals surface area contributed by atoms with Gasteiger partial charge in [-0.15, -0.1) is 0 Å². The topological polar surface area (TPSA) is 58.2 Å². The van der Waals surface area contributed by atoms with E-state index in [2.05, 4.69) is 10.0 Å². The second-order valence-electron chi connectivity index (χ2n) is 5.15. The van der Waals surface area contributed by atoms with E-state index >= 15 is 0 Å². The zero-order chi connectivity index (χ0) is 13.9. The van der Waals surface area contributed by atoms with Gasteiger partial charge in [0.25, 0.3) is 0 Å². The summed E-state index contributed by atoms with van der Waals surface area (Å²) in [4.78, 5) is 0.399. The van der Waals surface area contributed by atoms with Crippen LogP contribution in [0.5, 0.6) is 0 Å². The van der Waals surface area contributed by atoms with Crippen molar-refractivity contribution in [2.45, 2.75) is 50.6 Å². The molecule has 0 aliphatic heterocycles. The Bertz CT molecular complexity index is 536. The number of hydrogen-bond donors (Lipinski definition) is 2. The molecular weight excluding hydrogens is 260 g/mol. The molecule has 1 aliphatic carbocycles. The van der Waals surface area contributed by atoms with Gasteiger partial charge in [-0.3, -0.25) is 0 Å². The molecule has 4 nitrogen and oxygen atoms in total. The van der Waals surface area contributed by atoms with E-state index in [1.54, 1.807) is 6.07 Å². The molecule has 5 heteroatoms. The van der Waals surface area contributed by atoms with Crippen LogP contribution in [0.2, 0.25) is 0 Å². The molecule has 1 aliphatic rings. The summed E-state index contributed by atoms with van der Waals surface area (Å²) < 4.78 is 27.0. The number of rotatable bonds is 7. The van der Waals surface area contributed by atoms with Crippen molar-refractivity contribution in [3.05, 3.63) is 29.3 Å². The maximum Gasteiger partial charge on any atom is 0.240 e. The van der Waals surface area contributed by atoms with Gasteiger partial charge in [0.15, 0.2) is 0 Å². The van der Waals surface area contributed by atoms with E-state index in [0.29, 0.717) is 17.5 Å². The van der Waals surface area contributed by atoms with E-state index in [1.165, 1.54) is 12.8 Å². The van der Waals surface area contributed by atoms with Crippen LogP contribution in [0.3, 0.4) is 0 Å². The Morgan fingerprint density at radius 2 is 2.05 bits per heavy atom. The molecule has 1 fully saturated rings. The lowest BCUT2D eigenvalue weighted by Gasteiger charge is -2.11. The van der Waals surface area contributed by atoms with E-state index in [1.807, 2.05) is 26.0 Å². The van der Waals surface area contributed by atoms with Crippen molar-refractivity contribution in [3.63, 3.8) is 0 Å². The van der Waals surface area contributed by atoms with Crippen LogP contribution < -0.4 is 10.0 Å². The Balaban J connectivity index is 2.15. The van der Waals surface area contributed by atoms with Gasteiger partial charge in [-0.2, -0.15) is 0 Å². The summed E-state index contributed by atoms with van der Waals surface area (Å²) in [5, 5.41) is 3.40. The number of nitrogens with one attached hydrogen (secondary N) is 2. The van der Waals surface area contributed by atoms with E-state index in [4.69, 9.17) is 0 Å². The largest absolute Gasteiger partial charge is 0.310 e. The fourth-order valence-corrected chi connectivity index (χ4v) is 3.33. The molecule has 1 saturated carbocycles. The van der Waals surface area contributed by atoms with Gasteiger partial charge in [0.05, 0.1) is 4.90 Å². The summed E-state index contributed by atoms with van der Waals surface area (Å²) >= 11 is 0. The average Bonchev–Trinajstić information content (AvgIpc) is 3.19. The first-order valence-electron chi connectivity index (χ1n) is 6.85. The molecular formula is C14H22N2O2S. The second-order valence-corrected chi connectivity index (χ2v) is 6.89. The molecule has 0 unspecified atom stereocenters. The molecule has 0 atom stereocenters. The molecule has 0 aromatic heterocycles. The van der Waals surface area contributed by atoms with Crippen LogP contribution >= 0.6 is 0 Å². The third kappa shape index (κ3) is 4.03. The molecule has 1 aromatic carbocycles. The molecule has 2 rings (SSSR count). The standard InChI is InChI=1S/C14H22N2O2S/c1-3-8-16-19(17,18)14-9-12(5-4-11(14)2)10-15-13-6-7-13/h4-5,9,13,15-16H,3,6-8,10H2,1-2H3. The van der Waals surface area contributed by atoms with Gasteiger partial charge >= 0.3 is 0 Å². The monoisotopic (exact) mass is 282 g/mol. The Morgan fingerprint density at radius 3 is 2.68 bits per heavy atom. The van der Waals surface area contributed by atoms with Crippen LogP contribution in [0.15, 0.2) is 23.1 Å². The van der Waals surface area contributed by atoms with Crippen LogP contribution in [0, 0.1) is 6.92 Å². The van der Waals surface area contributed by atoms with Crippen molar-refractivity contribution in [2.75, 3.05) is 6.54 Å². The van der Waals surface area contributed by atoms with Gasteiger partial charge in [0.2, 0.25) is 10.0 Å². The van der Waals surface area contributed by atoms with Crippen molar-refractivity contribution >= 4 is 10.0 Å². The lowest BCUT2D eigenvalue weighted by molar-refractivity contribution is 0.580. The molecule has 0 heterocycles. The van der Waals surface area contributed by atoms with Crippen LogP contribution in [-0.4, -0.2) is 21.0 Å². The quantitative estimate of drug-likeness (QED) is 0.803. The number of aryl methyl sites for hydroxylation is 1. The maximum absolute atomic E-state index is 12.2. The van der Waals surface area contributed by atoms with Crippen molar-refractivity contribution < 1.29 is 8.42 Å². The van der Waals surface area contributed by atoms with Crippen molar-refractivity contribution in [2.24, 2.45) is 0 Å². The predicted molar refractivity (Wildman–Crippen MR) is 76.5 cm³/mol. The van der Waals surface area contributed by atoms with Gasteiger partial charge < -0.3 is 5.32 Å². The van der Waals surface area contributed by atoms with Gasteiger partial charge in [-0.1, -0.05) is 19.1 Å². The van der Waals surface area contributed by atoms with E-state index < -0.39 is 10.0 Å². The van der Waals surface area contributed by atoms with E-state index in [-0.39, 0.29) is 0 Å². The summed E-state index contributed by atoms with van der Waals surface area (Å²) in [5.41, 5.74) is 1.81. The minimum atomic E-state index is -3.38. The molecule has 0 saturated heterocycles. The minimum Gasteiger partial charge on any atom is -0.310 e. The predicted octanol–water partition coefficient (Wildman–Crippen LogP) is 1.94. The summed E-state index contributed by atoms with van der Waals surface area (Å²) in [6, 6.07) is 6.27. The zero-order valence-corrected chi connectivity index (χ0v) is 12.4. The third-order valence-electron chi connectivity index (χ3n) is 3.26. The SMILES string of the molecule is CCCNS(=O)(=O)c1cc(CNC2CC2)ccc1C. The van der Waals surface area contributed by atoms with E-state index in [0.717, 1.165) is 24.1 Å². The van der Waals surface area contributed by atoms with Crippen molar-refractivity contribution in [1.29, 1.82) is 0 Å². The fourth-order valence-electron chi connectivity index (χ4n) is 1.91. The van der Waals surface area contributed by atoms with Gasteiger partial charge in [-0.05, 0) is 43.4 Å². The van der Waals surface area contributed by atoms with Crippen molar-refractivity contribution in [3.8, 4) is 0 Å². The number of hydrogen-bond acceptors (Lipinski definition) is 3. The first-order chi connectivity index (χ1) is 9.03. The summed E-state index contributed by atoms with van der Waals surface area (Å²) in [7, 11) is -3.38. The first kappa shape index (κ1) is 14.5. The third-order valence-corrected chi connectivity index (χ3v) is 4.86. The highest BCUT2D eigenvalue weighted by molar-refractivity contribution is 7.89. The highest BCUT2D eigenvalue weighted by Crippen LogP contribution is 2.21. The second kappa shape index (κ2) is 6.03. The van der Waals surface area contributed by atoms with Crippen LogP contribution in [0.25, 0.3) is 0 Å². The van der Waals surface area contributed by atoms with Crippen LogP contribution in [0.4, 0.5) is 0 Å². The van der Waals surface area contributed by atoms with E-state index in [9.17, 15) is 8.42 Å². The smallest absolute Gasteiger partial charge is 0.240 e. The molecule has 2 N–H and O–H groups in total. The number of benzene rings is 1. The van der Waals surface area contributed by atoms with Gasteiger partial charge in [0.1, 0.15) is 0 Å². The Labute approximate surface area is 115 Å². The maximum atomic E-state index is 12.2. The Hall–Kier alpha value is -0.910.